The van der Waals surface area contributed by atoms with Crippen molar-refractivity contribution in [3.8, 4) is 5.75 Å². The SMILES string of the molecule is Cc1ccc(S(=O)(=O)N(Cc2ccccc2)c2ccc(Nc3nc(N4C[C@H](N)C[C@H](N)C4)nc(N4C[C@@H](N)C[C@@H]4CN)n3)cc2O)cc1. The molecule has 2 aliphatic heterocycles. The standard InChI is InChI=1S/C33H43N11O3S/c1-21-7-10-28(11-8-21)48(46,47)44(17-22-5-3-2-4-6-22)29-12-9-26(15-30(29)45)38-31-39-32(42-18-23(35)13-24(36)19-42)41-33(40-31)43-20-25(37)14-27(43)16-34/h2-12,15,23-25,27,45H,13-14,16-20,34-37H2,1H3,(H,38,39,40,41)/t23-,24+,25-,27+/m0/s1. The van der Waals surface area contributed by atoms with Gasteiger partial charge < -0.3 is 43.2 Å². The van der Waals surface area contributed by atoms with Gasteiger partial charge in [-0.1, -0.05) is 48.0 Å². The minimum atomic E-state index is -4.05. The number of hydrogen-bond acceptors (Lipinski definition) is 13. The highest BCUT2D eigenvalue weighted by Crippen LogP contribution is 2.36. The lowest BCUT2D eigenvalue weighted by Gasteiger charge is -2.35. The minimum absolute atomic E-state index is 0.0119. The molecule has 2 fully saturated rings. The number of sulfonamides is 1. The van der Waals surface area contributed by atoms with Crippen molar-refractivity contribution in [1.29, 1.82) is 0 Å². The molecule has 0 unspecified atom stereocenters. The maximum atomic E-state index is 14.0. The highest BCUT2D eigenvalue weighted by atomic mass is 32.2. The molecule has 0 aliphatic carbocycles. The summed E-state index contributed by atoms with van der Waals surface area (Å²) in [6, 6.07) is 20.1. The smallest absolute Gasteiger partial charge is 0.264 e. The number of aryl methyl sites for hydroxylation is 1. The molecule has 3 aromatic carbocycles. The van der Waals surface area contributed by atoms with Gasteiger partial charge in [-0.05, 0) is 49.6 Å². The molecule has 14 nitrogen and oxygen atoms in total. The van der Waals surface area contributed by atoms with Crippen LogP contribution in [0.15, 0.2) is 77.7 Å². The summed E-state index contributed by atoms with van der Waals surface area (Å²) in [6.45, 7) is 3.87. The lowest BCUT2D eigenvalue weighted by molar-refractivity contribution is 0.447. The summed E-state index contributed by atoms with van der Waals surface area (Å²) in [6.07, 6.45) is 1.41. The summed E-state index contributed by atoms with van der Waals surface area (Å²) in [4.78, 5) is 18.2. The first-order chi connectivity index (χ1) is 23.0. The van der Waals surface area contributed by atoms with Crippen molar-refractivity contribution in [2.75, 3.05) is 45.6 Å². The van der Waals surface area contributed by atoms with Crippen molar-refractivity contribution >= 4 is 39.2 Å². The highest BCUT2D eigenvalue weighted by Gasteiger charge is 2.33. The Bertz CT molecular complexity index is 1820. The molecular weight excluding hydrogens is 631 g/mol. The second-order valence-electron chi connectivity index (χ2n) is 12.6. The maximum absolute atomic E-state index is 14.0. The lowest BCUT2D eigenvalue weighted by Crippen LogP contribution is -2.53. The van der Waals surface area contributed by atoms with Crippen molar-refractivity contribution in [3.63, 3.8) is 0 Å². The summed E-state index contributed by atoms with van der Waals surface area (Å²) in [7, 11) is -4.05. The molecule has 48 heavy (non-hydrogen) atoms. The van der Waals surface area contributed by atoms with Crippen LogP contribution in [-0.4, -0.2) is 78.8 Å². The van der Waals surface area contributed by atoms with Gasteiger partial charge in [0.1, 0.15) is 5.75 Å². The van der Waals surface area contributed by atoms with Crippen LogP contribution in [0.3, 0.4) is 0 Å². The van der Waals surface area contributed by atoms with E-state index in [4.69, 9.17) is 37.9 Å². The van der Waals surface area contributed by atoms with E-state index in [0.29, 0.717) is 56.6 Å². The number of piperidine rings is 1. The molecule has 4 aromatic rings. The average molecular weight is 674 g/mol. The van der Waals surface area contributed by atoms with E-state index in [-0.39, 0.29) is 53.0 Å². The highest BCUT2D eigenvalue weighted by molar-refractivity contribution is 7.92. The molecule has 0 saturated carbocycles. The average Bonchev–Trinajstić information content (AvgIpc) is 3.45. The van der Waals surface area contributed by atoms with Crippen LogP contribution in [0.4, 0.5) is 29.2 Å². The van der Waals surface area contributed by atoms with E-state index in [1.165, 1.54) is 10.4 Å². The van der Waals surface area contributed by atoms with Gasteiger partial charge in [-0.2, -0.15) is 15.0 Å². The first-order valence-corrected chi connectivity index (χ1v) is 17.4. The summed E-state index contributed by atoms with van der Waals surface area (Å²) < 4.78 is 29.2. The van der Waals surface area contributed by atoms with Crippen LogP contribution in [0.5, 0.6) is 5.75 Å². The van der Waals surface area contributed by atoms with Crippen molar-refractivity contribution in [2.24, 2.45) is 22.9 Å². The number of anilines is 5. The van der Waals surface area contributed by atoms with Gasteiger partial charge in [-0.25, -0.2) is 8.42 Å². The number of rotatable bonds is 10. The fraction of sp³-hybridized carbons (Fsp3) is 0.364. The van der Waals surface area contributed by atoms with Crippen LogP contribution < -0.4 is 42.4 Å². The van der Waals surface area contributed by atoms with E-state index >= 15 is 0 Å². The number of aromatic hydroxyl groups is 1. The zero-order valence-corrected chi connectivity index (χ0v) is 27.7. The van der Waals surface area contributed by atoms with Gasteiger partial charge in [-0.15, -0.1) is 0 Å². The number of benzene rings is 3. The lowest BCUT2D eigenvalue weighted by atomic mass is 10.0. The van der Waals surface area contributed by atoms with E-state index in [9.17, 15) is 13.5 Å². The number of nitrogens with two attached hydrogens (primary N) is 4. The maximum Gasteiger partial charge on any atom is 0.264 e. The van der Waals surface area contributed by atoms with E-state index in [2.05, 4.69) is 5.32 Å². The summed E-state index contributed by atoms with van der Waals surface area (Å²) in [5.74, 6) is 0.795. The molecule has 0 spiro atoms. The topological polar surface area (TPSA) is 219 Å². The number of nitrogens with one attached hydrogen (secondary N) is 1. The molecule has 254 valence electrons. The Labute approximate surface area is 280 Å². The molecule has 0 amide bonds. The fourth-order valence-electron chi connectivity index (χ4n) is 6.27. The third-order valence-corrected chi connectivity index (χ3v) is 10.4. The third-order valence-electron chi connectivity index (χ3n) is 8.66. The Balaban J connectivity index is 1.35. The van der Waals surface area contributed by atoms with Gasteiger partial charge >= 0.3 is 0 Å². The Morgan fingerprint density at radius 1 is 0.875 bits per heavy atom. The minimum Gasteiger partial charge on any atom is -0.506 e. The molecule has 15 heteroatoms. The van der Waals surface area contributed by atoms with Crippen molar-refractivity contribution < 1.29 is 13.5 Å². The van der Waals surface area contributed by atoms with Gasteiger partial charge in [0.2, 0.25) is 17.8 Å². The normalized spacial score (nSPS) is 21.4. The Morgan fingerprint density at radius 2 is 1.54 bits per heavy atom. The quantitative estimate of drug-likeness (QED) is 0.142. The van der Waals surface area contributed by atoms with Crippen LogP contribution in [-0.2, 0) is 16.6 Å². The Morgan fingerprint density at radius 3 is 2.21 bits per heavy atom. The number of nitrogens with zero attached hydrogens (tertiary/aromatic N) is 6. The summed E-state index contributed by atoms with van der Waals surface area (Å²) >= 11 is 0. The molecule has 1 aromatic heterocycles. The molecule has 4 atom stereocenters. The molecule has 6 rings (SSSR count). The zero-order valence-electron chi connectivity index (χ0n) is 26.9. The molecule has 10 N–H and O–H groups in total. The van der Waals surface area contributed by atoms with E-state index in [0.717, 1.165) is 11.1 Å². The largest absolute Gasteiger partial charge is 0.506 e. The van der Waals surface area contributed by atoms with Crippen molar-refractivity contribution in [2.45, 2.75) is 55.4 Å². The molecule has 0 bridgehead atoms. The number of hydrogen-bond donors (Lipinski definition) is 6. The molecule has 0 radical (unpaired) electrons. The van der Waals surface area contributed by atoms with Crippen LogP contribution in [0.25, 0.3) is 0 Å². The Hall–Kier alpha value is -4.54. The molecule has 2 saturated heterocycles. The first-order valence-electron chi connectivity index (χ1n) is 16.0. The van der Waals surface area contributed by atoms with E-state index < -0.39 is 10.0 Å². The number of phenols is 1. The molecule has 3 heterocycles. The predicted molar refractivity (Wildman–Crippen MR) is 188 cm³/mol. The van der Waals surface area contributed by atoms with Crippen LogP contribution in [0, 0.1) is 6.92 Å². The second kappa shape index (κ2) is 13.9. The predicted octanol–water partition coefficient (Wildman–Crippen LogP) is 1.75. The monoisotopic (exact) mass is 673 g/mol. The van der Waals surface area contributed by atoms with Gasteiger partial charge in [-0.3, -0.25) is 4.31 Å². The zero-order chi connectivity index (χ0) is 34.0. The van der Waals surface area contributed by atoms with Gasteiger partial charge in [0, 0.05) is 62.1 Å². The third kappa shape index (κ3) is 7.29. The fourth-order valence-corrected chi connectivity index (χ4v) is 7.74. The number of phenolic OH excluding ortho intramolecular Hbond substituents is 1. The molecule has 2 aliphatic rings. The first kappa shape index (κ1) is 33.4. The molecular formula is C33H43N11O3S. The van der Waals surface area contributed by atoms with Crippen LogP contribution in [0.2, 0.25) is 0 Å². The Kier molecular flexibility index (Phi) is 9.66. The van der Waals surface area contributed by atoms with Crippen molar-refractivity contribution in [1.82, 2.24) is 15.0 Å². The van der Waals surface area contributed by atoms with Crippen LogP contribution >= 0.6 is 0 Å². The number of aromatic nitrogens is 3. The van der Waals surface area contributed by atoms with Gasteiger partial charge in [0.15, 0.2) is 0 Å². The van der Waals surface area contributed by atoms with E-state index in [1.807, 2.05) is 47.1 Å². The second-order valence-corrected chi connectivity index (χ2v) is 14.5. The van der Waals surface area contributed by atoms with Crippen molar-refractivity contribution in [3.05, 3.63) is 83.9 Å². The van der Waals surface area contributed by atoms with E-state index in [1.54, 1.807) is 36.4 Å². The summed E-state index contributed by atoms with van der Waals surface area (Å²) in [5, 5.41) is 14.5. The van der Waals surface area contributed by atoms with Gasteiger partial charge in [0.25, 0.3) is 10.0 Å². The van der Waals surface area contributed by atoms with Gasteiger partial charge in [0.05, 0.1) is 17.1 Å². The van der Waals surface area contributed by atoms with Crippen LogP contribution in [0.1, 0.15) is 24.0 Å². The summed E-state index contributed by atoms with van der Waals surface area (Å²) in [5.41, 5.74) is 27.2.